The molecule has 2 rings (SSSR count). The maximum absolute atomic E-state index is 14.0. The van der Waals surface area contributed by atoms with E-state index >= 15 is 0 Å². The highest BCUT2D eigenvalue weighted by Gasteiger charge is 2.21. The molecule has 2 aromatic rings. The topological polar surface area (TPSA) is 29.9 Å². The molecule has 1 aromatic carbocycles. The average Bonchev–Trinajstić information content (AvgIpc) is 2.69. The molecule has 0 spiro atoms. The van der Waals surface area contributed by atoms with Crippen molar-refractivity contribution in [1.82, 2.24) is 15.1 Å². The van der Waals surface area contributed by atoms with Crippen molar-refractivity contribution in [1.29, 1.82) is 0 Å². The van der Waals surface area contributed by atoms with Gasteiger partial charge < -0.3 is 5.32 Å². The molecule has 0 radical (unpaired) electrons. The van der Waals surface area contributed by atoms with Gasteiger partial charge in [-0.15, -0.1) is 0 Å². The summed E-state index contributed by atoms with van der Waals surface area (Å²) in [7, 11) is 0.158. The molecule has 0 fully saturated rings. The fourth-order valence-corrected chi connectivity index (χ4v) is 4.59. The van der Waals surface area contributed by atoms with Crippen LogP contribution in [0.4, 0.5) is 4.39 Å². The van der Waals surface area contributed by atoms with E-state index in [-0.39, 0.29) is 0 Å². The summed E-state index contributed by atoms with van der Waals surface area (Å²) >= 11 is 5.35. The minimum absolute atomic E-state index is 0.392. The number of rotatable bonds is 4. The molecule has 6 heteroatoms. The van der Waals surface area contributed by atoms with Gasteiger partial charge in [0.05, 0.1) is 19.3 Å². The van der Waals surface area contributed by atoms with Crippen LogP contribution < -0.4 is 10.5 Å². The average molecular weight is 336 g/mol. The van der Waals surface area contributed by atoms with Crippen LogP contribution in [0.3, 0.4) is 0 Å². The summed E-state index contributed by atoms with van der Waals surface area (Å²) in [5.41, 5.74) is 2.23. The molecule has 0 aliphatic rings. The third-order valence-corrected chi connectivity index (χ3v) is 6.10. The van der Waals surface area contributed by atoms with E-state index in [4.69, 9.17) is 12.2 Å². The Labute approximate surface area is 137 Å². The number of hydrogen-bond donors (Lipinski definition) is 1. The van der Waals surface area contributed by atoms with Crippen LogP contribution in [0.5, 0.6) is 0 Å². The van der Waals surface area contributed by atoms with Gasteiger partial charge in [-0.05, 0) is 12.5 Å². The lowest BCUT2D eigenvalue weighted by atomic mass is 10.2. The van der Waals surface area contributed by atoms with E-state index in [1.807, 2.05) is 6.07 Å². The van der Waals surface area contributed by atoms with Gasteiger partial charge in [-0.25, -0.2) is 4.68 Å². The van der Waals surface area contributed by atoms with Crippen molar-refractivity contribution in [3.8, 4) is 0 Å². The molecule has 1 N–H and O–H groups in total. The number of aromatic nitrogens is 2. The highest BCUT2D eigenvalue weighted by molar-refractivity contribution is 7.80. The Bertz CT molecular complexity index is 704. The first-order valence-corrected chi connectivity index (χ1v) is 11.2. The van der Waals surface area contributed by atoms with Crippen LogP contribution in [0.25, 0.3) is 0 Å². The van der Waals surface area contributed by atoms with Gasteiger partial charge in [-0.1, -0.05) is 61.3 Å². The molecular weight excluding hydrogens is 313 g/mol. The van der Waals surface area contributed by atoms with Crippen LogP contribution in [0, 0.1) is 12.9 Å². The van der Waals surface area contributed by atoms with Gasteiger partial charge in [0.2, 0.25) is 5.95 Å². The Morgan fingerprint density at radius 1 is 1.32 bits per heavy atom. The van der Waals surface area contributed by atoms with Gasteiger partial charge >= 0.3 is 0 Å². The minimum Gasteiger partial charge on any atom is -0.372 e. The van der Waals surface area contributed by atoms with Crippen molar-refractivity contribution in [3.63, 3.8) is 0 Å². The molecule has 0 saturated heterocycles. The van der Waals surface area contributed by atoms with Crippen molar-refractivity contribution in [2.45, 2.75) is 33.1 Å². The summed E-state index contributed by atoms with van der Waals surface area (Å²) in [6.07, 6.45) is 0. The number of aryl methyl sites for hydroxylation is 2. The zero-order valence-corrected chi connectivity index (χ0v) is 15.5. The molecule has 0 bridgehead atoms. The summed E-state index contributed by atoms with van der Waals surface area (Å²) < 4.78 is 15.3. The molecule has 0 aliphatic heterocycles. The van der Waals surface area contributed by atoms with Crippen molar-refractivity contribution in [2.75, 3.05) is 0 Å². The SMILES string of the molecule is Cc1nn(C)c(F)c1C(=S)NCc1ccccc1[Si](C)(C)C. The molecule has 0 aliphatic carbocycles. The number of nitrogens with one attached hydrogen (secondary N) is 1. The van der Waals surface area contributed by atoms with Gasteiger partial charge in [0.15, 0.2) is 0 Å². The van der Waals surface area contributed by atoms with E-state index in [1.165, 1.54) is 15.4 Å². The summed E-state index contributed by atoms with van der Waals surface area (Å²) in [5.74, 6) is -0.395. The maximum atomic E-state index is 14.0. The van der Waals surface area contributed by atoms with Crippen LogP contribution in [0.2, 0.25) is 19.6 Å². The molecular formula is C16H22FN3SSi. The zero-order chi connectivity index (χ0) is 16.5. The molecule has 3 nitrogen and oxygen atoms in total. The van der Waals surface area contributed by atoms with E-state index in [2.05, 4.69) is 48.3 Å². The van der Waals surface area contributed by atoms with Crippen LogP contribution in [-0.2, 0) is 13.6 Å². The second-order valence-corrected chi connectivity index (χ2v) is 11.9. The lowest BCUT2D eigenvalue weighted by Gasteiger charge is -2.21. The summed E-state index contributed by atoms with van der Waals surface area (Å²) in [4.78, 5) is 0.411. The van der Waals surface area contributed by atoms with E-state index in [0.29, 0.717) is 22.8 Å². The maximum Gasteiger partial charge on any atom is 0.221 e. The molecule has 0 saturated carbocycles. The predicted molar refractivity (Wildman–Crippen MR) is 95.9 cm³/mol. The standard InChI is InChI=1S/C16H22FN3SSi/c1-11-14(15(17)20(2)19-11)16(21)18-10-12-8-6-7-9-13(12)22(3,4)5/h6-9H,10H2,1-5H3,(H,18,21). The second-order valence-electron chi connectivity index (χ2n) is 6.46. The largest absolute Gasteiger partial charge is 0.372 e. The number of thiocarbonyl (C=S) groups is 1. The second kappa shape index (κ2) is 6.30. The first-order chi connectivity index (χ1) is 10.2. The molecule has 0 unspecified atom stereocenters. The summed E-state index contributed by atoms with van der Waals surface area (Å²) in [5, 5.41) is 8.64. The van der Waals surface area contributed by atoms with E-state index in [9.17, 15) is 4.39 Å². The Kier molecular flexibility index (Phi) is 4.82. The first-order valence-electron chi connectivity index (χ1n) is 7.27. The molecule has 1 aromatic heterocycles. The Morgan fingerprint density at radius 3 is 2.50 bits per heavy atom. The summed E-state index contributed by atoms with van der Waals surface area (Å²) in [6.45, 7) is 9.31. The smallest absolute Gasteiger partial charge is 0.221 e. The van der Waals surface area contributed by atoms with Gasteiger partial charge in [-0.2, -0.15) is 9.49 Å². The highest BCUT2D eigenvalue weighted by Crippen LogP contribution is 2.13. The predicted octanol–water partition coefficient (Wildman–Crippen LogP) is 2.88. The lowest BCUT2D eigenvalue weighted by Crippen LogP contribution is -2.41. The number of nitrogens with zero attached hydrogens (tertiary/aromatic N) is 2. The van der Waals surface area contributed by atoms with Gasteiger partial charge in [0, 0.05) is 13.6 Å². The minimum atomic E-state index is -1.42. The van der Waals surface area contributed by atoms with E-state index in [1.54, 1.807) is 14.0 Å². The monoisotopic (exact) mass is 335 g/mol. The molecule has 0 atom stereocenters. The molecule has 1 heterocycles. The quantitative estimate of drug-likeness (QED) is 0.688. The number of hydrogen-bond acceptors (Lipinski definition) is 2. The molecule has 118 valence electrons. The Morgan fingerprint density at radius 2 is 1.95 bits per heavy atom. The Balaban J connectivity index is 2.19. The number of benzene rings is 1. The molecule has 0 amide bonds. The third kappa shape index (κ3) is 3.44. The third-order valence-electron chi connectivity index (χ3n) is 3.64. The Hall–Kier alpha value is -1.53. The fourth-order valence-electron chi connectivity index (χ4n) is 2.56. The van der Waals surface area contributed by atoms with Crippen LogP contribution in [-0.4, -0.2) is 22.8 Å². The zero-order valence-electron chi connectivity index (χ0n) is 13.7. The lowest BCUT2D eigenvalue weighted by molar-refractivity contribution is 0.502. The van der Waals surface area contributed by atoms with Gasteiger partial charge in [0.1, 0.15) is 4.99 Å². The van der Waals surface area contributed by atoms with E-state index in [0.717, 1.165) is 0 Å². The fraction of sp³-hybridized carbons (Fsp3) is 0.375. The van der Waals surface area contributed by atoms with Crippen molar-refractivity contribution >= 4 is 30.5 Å². The van der Waals surface area contributed by atoms with Crippen LogP contribution >= 0.6 is 12.2 Å². The summed E-state index contributed by atoms with van der Waals surface area (Å²) in [6, 6.07) is 8.39. The van der Waals surface area contributed by atoms with Crippen LogP contribution in [0.1, 0.15) is 16.8 Å². The van der Waals surface area contributed by atoms with Gasteiger partial charge in [0.25, 0.3) is 0 Å². The van der Waals surface area contributed by atoms with Crippen molar-refractivity contribution in [2.24, 2.45) is 7.05 Å². The normalized spacial score (nSPS) is 11.5. The highest BCUT2D eigenvalue weighted by atomic mass is 32.1. The van der Waals surface area contributed by atoms with Crippen LogP contribution in [0.15, 0.2) is 24.3 Å². The van der Waals surface area contributed by atoms with E-state index < -0.39 is 14.0 Å². The van der Waals surface area contributed by atoms with Crippen molar-refractivity contribution in [3.05, 3.63) is 47.0 Å². The number of halogens is 1. The van der Waals surface area contributed by atoms with Gasteiger partial charge in [-0.3, -0.25) is 0 Å². The van der Waals surface area contributed by atoms with Crippen molar-refractivity contribution < 1.29 is 4.39 Å². The first kappa shape index (κ1) is 16.8. The molecule has 22 heavy (non-hydrogen) atoms.